The summed E-state index contributed by atoms with van der Waals surface area (Å²) in [4.78, 5) is 0. The summed E-state index contributed by atoms with van der Waals surface area (Å²) in [6.07, 6.45) is 8.72. The third-order valence-electron chi connectivity index (χ3n) is 3.76. The monoisotopic (exact) mass is 238 g/mol. The van der Waals surface area contributed by atoms with Crippen LogP contribution in [0.5, 0.6) is 0 Å². The van der Waals surface area contributed by atoms with Crippen LogP contribution in [0.1, 0.15) is 41.5 Å². The summed E-state index contributed by atoms with van der Waals surface area (Å²) in [7, 11) is -1.70. The van der Waals surface area contributed by atoms with Crippen LogP contribution in [0.3, 0.4) is 0 Å². The molecule has 0 atom stereocenters. The quantitative estimate of drug-likeness (QED) is 0.632. The molecule has 1 aliphatic rings. The van der Waals surface area contributed by atoms with Gasteiger partial charge in [0.2, 0.25) is 8.32 Å². The highest BCUT2D eigenvalue weighted by atomic mass is 28.4. The van der Waals surface area contributed by atoms with E-state index in [1.807, 2.05) is 0 Å². The van der Waals surface area contributed by atoms with Gasteiger partial charge in [0, 0.05) is 0 Å². The molecular formula is C14H26OSi. The Kier molecular flexibility index (Phi) is 4.57. The second-order valence-electron chi connectivity index (χ2n) is 5.67. The molecule has 0 unspecified atom stereocenters. The van der Waals surface area contributed by atoms with Crippen LogP contribution in [0, 0.1) is 0 Å². The van der Waals surface area contributed by atoms with E-state index < -0.39 is 8.32 Å². The lowest BCUT2D eigenvalue weighted by Gasteiger charge is -2.43. The lowest BCUT2D eigenvalue weighted by Crippen LogP contribution is -2.49. The van der Waals surface area contributed by atoms with Gasteiger partial charge in [-0.3, -0.25) is 0 Å². The Morgan fingerprint density at radius 3 is 1.50 bits per heavy atom. The molecule has 0 aromatic carbocycles. The SMILES string of the molecule is CC(C)[Si](OC1C=CC=C1)(C(C)C)C(C)C. The molecule has 0 N–H and O–H groups in total. The van der Waals surface area contributed by atoms with E-state index in [9.17, 15) is 0 Å². The molecule has 1 nitrogen and oxygen atoms in total. The van der Waals surface area contributed by atoms with Crippen molar-refractivity contribution in [3.8, 4) is 0 Å². The van der Waals surface area contributed by atoms with Crippen LogP contribution in [0.15, 0.2) is 24.3 Å². The van der Waals surface area contributed by atoms with E-state index in [4.69, 9.17) is 4.43 Å². The van der Waals surface area contributed by atoms with Crippen molar-refractivity contribution < 1.29 is 4.43 Å². The second kappa shape index (κ2) is 5.33. The van der Waals surface area contributed by atoms with E-state index in [0.717, 1.165) is 0 Å². The van der Waals surface area contributed by atoms with Crippen molar-refractivity contribution in [2.45, 2.75) is 64.3 Å². The molecule has 0 bridgehead atoms. The maximum atomic E-state index is 6.55. The molecule has 92 valence electrons. The van der Waals surface area contributed by atoms with Crippen LogP contribution in [0.4, 0.5) is 0 Å². The van der Waals surface area contributed by atoms with Crippen molar-refractivity contribution in [1.29, 1.82) is 0 Å². The maximum Gasteiger partial charge on any atom is 0.201 e. The molecule has 1 aliphatic carbocycles. The van der Waals surface area contributed by atoms with Gasteiger partial charge in [0.25, 0.3) is 0 Å². The summed E-state index contributed by atoms with van der Waals surface area (Å²) in [5.74, 6) is 0. The molecule has 0 aromatic rings. The summed E-state index contributed by atoms with van der Waals surface area (Å²) >= 11 is 0. The zero-order chi connectivity index (χ0) is 12.3. The first kappa shape index (κ1) is 13.7. The molecule has 2 heteroatoms. The summed E-state index contributed by atoms with van der Waals surface area (Å²) in [5, 5.41) is 0. The maximum absolute atomic E-state index is 6.55. The van der Waals surface area contributed by atoms with Crippen molar-refractivity contribution in [3.63, 3.8) is 0 Å². The molecule has 0 saturated heterocycles. The van der Waals surface area contributed by atoms with Gasteiger partial charge in [-0.1, -0.05) is 65.8 Å². The minimum absolute atomic E-state index is 0.221. The Balaban J connectivity index is 2.92. The molecule has 0 amide bonds. The number of rotatable bonds is 5. The normalized spacial score (nSPS) is 17.3. The van der Waals surface area contributed by atoms with E-state index in [1.165, 1.54) is 0 Å². The summed E-state index contributed by atoms with van der Waals surface area (Å²) in [6, 6.07) is 0. The predicted octanol–water partition coefficient (Wildman–Crippen LogP) is 4.67. The zero-order valence-electron chi connectivity index (χ0n) is 11.5. The van der Waals surface area contributed by atoms with Crippen LogP contribution in [-0.4, -0.2) is 14.4 Å². The third-order valence-corrected chi connectivity index (χ3v) is 9.85. The Morgan fingerprint density at radius 1 is 0.812 bits per heavy atom. The first-order valence-electron chi connectivity index (χ1n) is 6.44. The largest absolute Gasteiger partial charge is 0.406 e. The smallest absolute Gasteiger partial charge is 0.201 e. The molecule has 0 radical (unpaired) electrons. The Morgan fingerprint density at radius 2 is 1.19 bits per heavy atom. The van der Waals surface area contributed by atoms with E-state index >= 15 is 0 Å². The predicted molar refractivity (Wildman–Crippen MR) is 74.2 cm³/mol. The Labute approximate surface area is 102 Å². The highest BCUT2D eigenvalue weighted by Crippen LogP contribution is 2.43. The fraction of sp³-hybridized carbons (Fsp3) is 0.714. The highest BCUT2D eigenvalue weighted by molar-refractivity contribution is 6.77. The first-order chi connectivity index (χ1) is 7.41. The van der Waals surface area contributed by atoms with Crippen LogP contribution in [0.25, 0.3) is 0 Å². The Bertz CT molecular complexity index is 243. The first-order valence-corrected chi connectivity index (χ1v) is 8.58. The van der Waals surface area contributed by atoms with Crippen molar-refractivity contribution >= 4 is 8.32 Å². The van der Waals surface area contributed by atoms with Gasteiger partial charge in [-0.25, -0.2) is 0 Å². The highest BCUT2D eigenvalue weighted by Gasteiger charge is 2.46. The number of hydrogen-bond acceptors (Lipinski definition) is 1. The van der Waals surface area contributed by atoms with Gasteiger partial charge in [0.15, 0.2) is 0 Å². The van der Waals surface area contributed by atoms with Crippen LogP contribution < -0.4 is 0 Å². The number of hydrogen-bond donors (Lipinski definition) is 0. The molecular weight excluding hydrogens is 212 g/mol. The van der Waals surface area contributed by atoms with Gasteiger partial charge < -0.3 is 4.43 Å². The van der Waals surface area contributed by atoms with Crippen molar-refractivity contribution in [2.75, 3.05) is 0 Å². The van der Waals surface area contributed by atoms with Gasteiger partial charge in [-0.15, -0.1) is 0 Å². The van der Waals surface area contributed by atoms with Gasteiger partial charge in [-0.2, -0.15) is 0 Å². The van der Waals surface area contributed by atoms with Crippen LogP contribution >= 0.6 is 0 Å². The molecule has 0 aromatic heterocycles. The Hall–Kier alpha value is -0.343. The van der Waals surface area contributed by atoms with E-state index in [-0.39, 0.29) is 6.10 Å². The fourth-order valence-corrected chi connectivity index (χ4v) is 8.58. The molecule has 0 heterocycles. The average molecular weight is 238 g/mol. The molecule has 0 aliphatic heterocycles. The van der Waals surface area contributed by atoms with E-state index in [2.05, 4.69) is 65.8 Å². The average Bonchev–Trinajstić information content (AvgIpc) is 2.64. The van der Waals surface area contributed by atoms with Gasteiger partial charge in [-0.05, 0) is 16.6 Å². The van der Waals surface area contributed by atoms with Gasteiger partial charge in [0.05, 0.1) is 6.10 Å². The van der Waals surface area contributed by atoms with E-state index in [1.54, 1.807) is 0 Å². The summed E-state index contributed by atoms with van der Waals surface area (Å²) < 4.78 is 6.55. The second-order valence-corrected chi connectivity index (χ2v) is 11.1. The van der Waals surface area contributed by atoms with Crippen LogP contribution in [-0.2, 0) is 4.43 Å². The minimum atomic E-state index is -1.70. The zero-order valence-corrected chi connectivity index (χ0v) is 12.5. The van der Waals surface area contributed by atoms with Crippen molar-refractivity contribution in [3.05, 3.63) is 24.3 Å². The summed E-state index contributed by atoms with van der Waals surface area (Å²) in [6.45, 7) is 14.0. The molecule has 1 rings (SSSR count). The summed E-state index contributed by atoms with van der Waals surface area (Å²) in [5.41, 5.74) is 1.99. The van der Waals surface area contributed by atoms with Gasteiger partial charge in [0.1, 0.15) is 0 Å². The number of allylic oxidation sites excluding steroid dienone is 2. The molecule has 16 heavy (non-hydrogen) atoms. The molecule has 0 fully saturated rings. The topological polar surface area (TPSA) is 9.23 Å². The molecule has 0 saturated carbocycles. The third kappa shape index (κ3) is 2.49. The minimum Gasteiger partial charge on any atom is -0.406 e. The van der Waals surface area contributed by atoms with E-state index in [0.29, 0.717) is 16.6 Å². The lowest BCUT2D eigenvalue weighted by atomic mass is 10.4. The van der Waals surface area contributed by atoms with Crippen molar-refractivity contribution in [2.24, 2.45) is 0 Å². The standard InChI is InChI=1S/C14H26OSi/c1-11(2)16(12(3)4,13(5)6)15-14-9-7-8-10-14/h7-14H,1-6H3. The lowest BCUT2D eigenvalue weighted by molar-refractivity contribution is 0.259. The van der Waals surface area contributed by atoms with Crippen molar-refractivity contribution in [1.82, 2.24) is 0 Å². The van der Waals surface area contributed by atoms with Crippen LogP contribution in [0.2, 0.25) is 16.6 Å². The van der Waals surface area contributed by atoms with Gasteiger partial charge >= 0.3 is 0 Å². The fourth-order valence-electron chi connectivity index (χ4n) is 3.13. The molecule has 0 spiro atoms.